The molecular weight excluding hydrogens is 362 g/mol. The summed E-state index contributed by atoms with van der Waals surface area (Å²) in [7, 11) is 0. The molecule has 5 nitrogen and oxygen atoms in total. The fourth-order valence-electron chi connectivity index (χ4n) is 4.58. The first kappa shape index (κ1) is 22.0. The van der Waals surface area contributed by atoms with E-state index in [-0.39, 0.29) is 18.1 Å². The summed E-state index contributed by atoms with van der Waals surface area (Å²) in [6, 6.07) is 6.18. The largest absolute Gasteiger partial charge is 0.395 e. The number of benzene rings is 1. The smallest absolute Gasteiger partial charge is 0.249 e. The monoisotopic (exact) mass is 399 g/mol. The van der Waals surface area contributed by atoms with Crippen molar-refractivity contribution in [3.8, 4) is 0 Å². The number of amides is 1. The third-order valence-corrected chi connectivity index (χ3v) is 6.89. The average molecular weight is 400 g/mol. The van der Waals surface area contributed by atoms with E-state index in [0.29, 0.717) is 11.0 Å². The van der Waals surface area contributed by atoms with Gasteiger partial charge in [-0.3, -0.25) is 14.6 Å². The van der Waals surface area contributed by atoms with Crippen molar-refractivity contribution in [1.29, 1.82) is 0 Å². The summed E-state index contributed by atoms with van der Waals surface area (Å²) in [5.41, 5.74) is 10.0. The van der Waals surface area contributed by atoms with Crippen molar-refractivity contribution in [2.75, 3.05) is 39.3 Å². The molecule has 1 aromatic carbocycles. The zero-order valence-corrected chi connectivity index (χ0v) is 18.5. The molecular formula is C24H37N3O2. The molecule has 0 saturated carbocycles. The van der Waals surface area contributed by atoms with Gasteiger partial charge in [0, 0.05) is 43.8 Å². The molecule has 0 aromatic heterocycles. The van der Waals surface area contributed by atoms with Crippen LogP contribution in [0.25, 0.3) is 5.57 Å². The third kappa shape index (κ3) is 4.90. The van der Waals surface area contributed by atoms with Crippen LogP contribution in [0.3, 0.4) is 0 Å². The maximum absolute atomic E-state index is 12.1. The Morgan fingerprint density at radius 3 is 2.45 bits per heavy atom. The summed E-state index contributed by atoms with van der Waals surface area (Å²) < 4.78 is 0. The van der Waals surface area contributed by atoms with E-state index >= 15 is 0 Å². The van der Waals surface area contributed by atoms with Crippen LogP contribution in [-0.2, 0) is 5.54 Å². The number of rotatable bonds is 6. The van der Waals surface area contributed by atoms with Crippen molar-refractivity contribution >= 4 is 11.5 Å². The minimum Gasteiger partial charge on any atom is -0.395 e. The number of aliphatic hydroxyl groups is 1. The molecule has 3 N–H and O–H groups in total. The van der Waals surface area contributed by atoms with Gasteiger partial charge < -0.3 is 10.8 Å². The number of β-amino-alcohol motifs (C(OH)–C–C–N with tert-alkyl or cyclic N) is 1. The topological polar surface area (TPSA) is 69.8 Å². The second-order valence-corrected chi connectivity index (χ2v) is 9.83. The number of hydrogen-bond donors (Lipinski definition) is 2. The molecule has 1 heterocycles. The van der Waals surface area contributed by atoms with Crippen LogP contribution in [0.2, 0.25) is 0 Å². The van der Waals surface area contributed by atoms with E-state index < -0.39 is 0 Å². The highest BCUT2D eigenvalue weighted by Crippen LogP contribution is 2.40. The SMILES string of the molecule is CC1(C)CC=C(c2cc(C(C)(C)N3CCN(CCO)CC3)ccc2C(N)=O)CC1. The van der Waals surface area contributed by atoms with Gasteiger partial charge in [0.25, 0.3) is 0 Å². The normalized spacial score (nSPS) is 21.1. The summed E-state index contributed by atoms with van der Waals surface area (Å²) in [5, 5.41) is 9.18. The zero-order chi connectivity index (χ0) is 21.2. The van der Waals surface area contributed by atoms with Crippen LogP contribution in [0.4, 0.5) is 0 Å². The van der Waals surface area contributed by atoms with Crippen molar-refractivity contribution in [2.24, 2.45) is 11.1 Å². The highest BCUT2D eigenvalue weighted by atomic mass is 16.3. The molecule has 29 heavy (non-hydrogen) atoms. The van der Waals surface area contributed by atoms with Gasteiger partial charge in [-0.05, 0) is 67.4 Å². The van der Waals surface area contributed by atoms with E-state index in [1.807, 2.05) is 6.07 Å². The summed E-state index contributed by atoms with van der Waals surface area (Å²) >= 11 is 0. The van der Waals surface area contributed by atoms with E-state index in [1.54, 1.807) is 0 Å². The maximum Gasteiger partial charge on any atom is 0.249 e. The van der Waals surface area contributed by atoms with Gasteiger partial charge in [0.2, 0.25) is 5.91 Å². The van der Waals surface area contributed by atoms with Crippen LogP contribution < -0.4 is 5.73 Å². The molecule has 0 atom stereocenters. The Balaban J connectivity index is 1.88. The Labute approximate surface area is 175 Å². The lowest BCUT2D eigenvalue weighted by Gasteiger charge is -2.44. The number of nitrogens with zero attached hydrogens (tertiary/aromatic N) is 2. The molecule has 0 unspecified atom stereocenters. The number of allylic oxidation sites excluding steroid dienone is 2. The van der Waals surface area contributed by atoms with Gasteiger partial charge in [0.05, 0.1) is 6.61 Å². The Morgan fingerprint density at radius 1 is 1.21 bits per heavy atom. The minimum atomic E-state index is -0.354. The van der Waals surface area contributed by atoms with E-state index in [1.165, 1.54) is 11.1 Å². The molecule has 1 aromatic rings. The van der Waals surface area contributed by atoms with E-state index in [9.17, 15) is 9.90 Å². The van der Waals surface area contributed by atoms with E-state index in [4.69, 9.17) is 5.73 Å². The standard InChI is InChI=1S/C24H37N3O2/c1-23(2)9-7-18(8-10-23)21-17-19(5-6-20(21)22(25)29)24(3,4)27-13-11-26(12-14-27)15-16-28/h5-7,17,28H,8-16H2,1-4H3,(H2,25,29). The highest BCUT2D eigenvalue weighted by Gasteiger charge is 2.32. The molecule has 5 heteroatoms. The number of carbonyl (C=O) groups is 1. The van der Waals surface area contributed by atoms with E-state index in [2.05, 4.69) is 55.7 Å². The van der Waals surface area contributed by atoms with Crippen molar-refractivity contribution in [1.82, 2.24) is 9.80 Å². The molecule has 0 radical (unpaired) electrons. The molecule has 1 aliphatic carbocycles. The number of aliphatic hydroxyl groups excluding tert-OH is 1. The zero-order valence-electron chi connectivity index (χ0n) is 18.5. The fraction of sp³-hybridized carbons (Fsp3) is 0.625. The van der Waals surface area contributed by atoms with Crippen LogP contribution in [0.15, 0.2) is 24.3 Å². The maximum atomic E-state index is 12.1. The van der Waals surface area contributed by atoms with Crippen LogP contribution in [-0.4, -0.2) is 60.1 Å². The van der Waals surface area contributed by atoms with Gasteiger partial charge in [-0.1, -0.05) is 26.0 Å². The lowest BCUT2D eigenvalue weighted by atomic mass is 9.76. The summed E-state index contributed by atoms with van der Waals surface area (Å²) in [5.74, 6) is -0.354. The van der Waals surface area contributed by atoms with Gasteiger partial charge >= 0.3 is 0 Å². The highest BCUT2D eigenvalue weighted by molar-refractivity contribution is 5.98. The van der Waals surface area contributed by atoms with Crippen molar-refractivity contribution in [3.63, 3.8) is 0 Å². The lowest BCUT2D eigenvalue weighted by molar-refractivity contribution is 0.0439. The van der Waals surface area contributed by atoms with Crippen LogP contribution in [0, 0.1) is 5.41 Å². The molecule has 2 aliphatic rings. The molecule has 0 spiro atoms. The summed E-state index contributed by atoms with van der Waals surface area (Å²) in [4.78, 5) is 16.9. The first-order valence-electron chi connectivity index (χ1n) is 10.9. The molecule has 1 aliphatic heterocycles. The van der Waals surface area contributed by atoms with Gasteiger partial charge in [-0.2, -0.15) is 0 Å². The number of hydrogen-bond acceptors (Lipinski definition) is 4. The number of primary amides is 1. The van der Waals surface area contributed by atoms with Crippen molar-refractivity contribution < 1.29 is 9.90 Å². The second kappa shape index (κ2) is 8.58. The van der Waals surface area contributed by atoms with Crippen LogP contribution in [0.5, 0.6) is 0 Å². The third-order valence-electron chi connectivity index (χ3n) is 6.89. The molecule has 1 saturated heterocycles. The van der Waals surface area contributed by atoms with Crippen LogP contribution in [0.1, 0.15) is 68.4 Å². The predicted molar refractivity (Wildman–Crippen MR) is 119 cm³/mol. The Hall–Kier alpha value is -1.69. The van der Waals surface area contributed by atoms with Gasteiger partial charge in [0.1, 0.15) is 0 Å². The lowest BCUT2D eigenvalue weighted by Crippen LogP contribution is -2.53. The first-order valence-corrected chi connectivity index (χ1v) is 10.9. The van der Waals surface area contributed by atoms with Crippen molar-refractivity contribution in [2.45, 2.75) is 52.5 Å². The summed E-state index contributed by atoms with van der Waals surface area (Å²) in [6.45, 7) is 14.0. The summed E-state index contributed by atoms with van der Waals surface area (Å²) in [6.07, 6.45) is 5.44. The number of nitrogens with two attached hydrogens (primary N) is 1. The van der Waals surface area contributed by atoms with Gasteiger partial charge in [-0.25, -0.2) is 0 Å². The van der Waals surface area contributed by atoms with E-state index in [0.717, 1.165) is 57.5 Å². The van der Waals surface area contributed by atoms with Gasteiger partial charge in [-0.15, -0.1) is 0 Å². The van der Waals surface area contributed by atoms with Gasteiger partial charge in [0.15, 0.2) is 0 Å². The molecule has 1 fully saturated rings. The molecule has 1 amide bonds. The average Bonchev–Trinajstić information content (AvgIpc) is 2.68. The number of carbonyl (C=O) groups excluding carboxylic acids is 1. The molecule has 3 rings (SSSR count). The van der Waals surface area contributed by atoms with Crippen molar-refractivity contribution in [3.05, 3.63) is 41.0 Å². The van der Waals surface area contributed by atoms with Crippen LogP contribution >= 0.6 is 0 Å². The first-order chi connectivity index (χ1) is 13.6. The molecule has 160 valence electrons. The second-order valence-electron chi connectivity index (χ2n) is 9.83. The molecule has 0 bridgehead atoms. The Kier molecular flexibility index (Phi) is 6.51. The predicted octanol–water partition coefficient (Wildman–Crippen LogP) is 3.22. The minimum absolute atomic E-state index is 0.134. The fourth-order valence-corrected chi connectivity index (χ4v) is 4.58. The quantitative estimate of drug-likeness (QED) is 0.771. The Bertz CT molecular complexity index is 774. The Morgan fingerprint density at radius 2 is 1.90 bits per heavy atom. The number of piperazine rings is 1.